The SMILES string of the molecule is CCCCOC(=O)c1ccccc1C=CC(C)=O. The van der Waals surface area contributed by atoms with Crippen LogP contribution < -0.4 is 0 Å². The number of hydrogen-bond acceptors (Lipinski definition) is 3. The van der Waals surface area contributed by atoms with E-state index in [0.717, 1.165) is 12.8 Å². The van der Waals surface area contributed by atoms with Gasteiger partial charge in [0.2, 0.25) is 0 Å². The van der Waals surface area contributed by atoms with Gasteiger partial charge in [0.05, 0.1) is 12.2 Å². The Morgan fingerprint density at radius 2 is 2.00 bits per heavy atom. The molecule has 0 aliphatic heterocycles. The molecule has 0 atom stereocenters. The summed E-state index contributed by atoms with van der Waals surface area (Å²) in [5.74, 6) is -0.392. The summed E-state index contributed by atoms with van der Waals surface area (Å²) in [6, 6.07) is 7.09. The van der Waals surface area contributed by atoms with Crippen LogP contribution in [0.3, 0.4) is 0 Å². The quantitative estimate of drug-likeness (QED) is 0.439. The summed E-state index contributed by atoms with van der Waals surface area (Å²) in [7, 11) is 0. The first-order chi connectivity index (χ1) is 8.65. The van der Waals surface area contributed by atoms with Crippen LogP contribution in [-0.2, 0) is 9.53 Å². The van der Waals surface area contributed by atoms with Gasteiger partial charge in [-0.2, -0.15) is 0 Å². The molecule has 3 heteroatoms. The highest BCUT2D eigenvalue weighted by molar-refractivity contribution is 5.97. The van der Waals surface area contributed by atoms with Crippen molar-refractivity contribution < 1.29 is 14.3 Å². The largest absolute Gasteiger partial charge is 0.462 e. The first-order valence-corrected chi connectivity index (χ1v) is 6.10. The van der Waals surface area contributed by atoms with E-state index < -0.39 is 0 Å². The Morgan fingerprint density at radius 3 is 2.67 bits per heavy atom. The number of unbranched alkanes of at least 4 members (excludes halogenated alkanes) is 1. The van der Waals surface area contributed by atoms with Crippen molar-refractivity contribution >= 4 is 17.8 Å². The van der Waals surface area contributed by atoms with Gasteiger partial charge in [-0.15, -0.1) is 0 Å². The molecule has 0 bridgehead atoms. The van der Waals surface area contributed by atoms with E-state index in [4.69, 9.17) is 4.74 Å². The van der Waals surface area contributed by atoms with Crippen molar-refractivity contribution in [3.8, 4) is 0 Å². The molecule has 0 spiro atoms. The molecule has 0 aliphatic rings. The molecule has 0 saturated carbocycles. The molecule has 1 rings (SSSR count). The van der Waals surface area contributed by atoms with E-state index in [1.54, 1.807) is 24.3 Å². The summed E-state index contributed by atoms with van der Waals surface area (Å²) in [6.45, 7) is 3.94. The molecule has 1 aromatic rings. The van der Waals surface area contributed by atoms with Gasteiger partial charge in [0, 0.05) is 0 Å². The lowest BCUT2D eigenvalue weighted by Gasteiger charge is -2.06. The van der Waals surface area contributed by atoms with Crippen LogP contribution in [0.4, 0.5) is 0 Å². The van der Waals surface area contributed by atoms with E-state index in [9.17, 15) is 9.59 Å². The van der Waals surface area contributed by atoms with Crippen LogP contribution in [0, 0.1) is 0 Å². The molecule has 0 saturated heterocycles. The number of esters is 1. The van der Waals surface area contributed by atoms with E-state index in [0.29, 0.717) is 17.7 Å². The molecule has 0 radical (unpaired) electrons. The van der Waals surface area contributed by atoms with Crippen molar-refractivity contribution in [3.63, 3.8) is 0 Å². The first-order valence-electron chi connectivity index (χ1n) is 6.10. The molecule has 96 valence electrons. The first kappa shape index (κ1) is 14.2. The van der Waals surface area contributed by atoms with Gasteiger partial charge >= 0.3 is 5.97 Å². The topological polar surface area (TPSA) is 43.4 Å². The predicted octanol–water partition coefficient (Wildman–Crippen LogP) is 3.25. The van der Waals surface area contributed by atoms with Gasteiger partial charge in [0.1, 0.15) is 0 Å². The third kappa shape index (κ3) is 4.53. The van der Waals surface area contributed by atoms with Crippen molar-refractivity contribution in [2.45, 2.75) is 26.7 Å². The van der Waals surface area contributed by atoms with Crippen molar-refractivity contribution in [3.05, 3.63) is 41.5 Å². The fraction of sp³-hybridized carbons (Fsp3) is 0.333. The summed E-state index contributed by atoms with van der Waals surface area (Å²) in [5, 5.41) is 0. The molecule has 18 heavy (non-hydrogen) atoms. The van der Waals surface area contributed by atoms with Gasteiger partial charge < -0.3 is 4.74 Å². The summed E-state index contributed by atoms with van der Waals surface area (Å²) >= 11 is 0. The Bertz CT molecular complexity index is 447. The molecule has 1 aromatic carbocycles. The second-order valence-electron chi connectivity index (χ2n) is 4.02. The molecule has 0 fully saturated rings. The Hall–Kier alpha value is -1.90. The Kier molecular flexibility index (Phi) is 5.85. The lowest BCUT2D eigenvalue weighted by Crippen LogP contribution is -2.08. The van der Waals surface area contributed by atoms with Crippen LogP contribution in [0.25, 0.3) is 6.08 Å². The Balaban J connectivity index is 2.81. The highest BCUT2D eigenvalue weighted by Gasteiger charge is 2.10. The third-order valence-corrected chi connectivity index (χ3v) is 2.41. The minimum atomic E-state index is -0.341. The standard InChI is InChI=1S/C15H18O3/c1-3-4-11-18-15(17)14-8-6-5-7-13(14)10-9-12(2)16/h5-10H,3-4,11H2,1-2H3. The van der Waals surface area contributed by atoms with Crippen molar-refractivity contribution in [1.82, 2.24) is 0 Å². The van der Waals surface area contributed by atoms with Crippen molar-refractivity contribution in [2.75, 3.05) is 6.61 Å². The summed E-state index contributed by atoms with van der Waals surface area (Å²) in [6.07, 6.45) is 4.92. The molecule has 0 unspecified atom stereocenters. The summed E-state index contributed by atoms with van der Waals surface area (Å²) in [5.41, 5.74) is 1.19. The van der Waals surface area contributed by atoms with E-state index in [1.807, 2.05) is 13.0 Å². The van der Waals surface area contributed by atoms with Gasteiger partial charge in [-0.05, 0) is 31.1 Å². The molecule has 0 amide bonds. The van der Waals surface area contributed by atoms with Gasteiger partial charge in [-0.1, -0.05) is 37.6 Å². The fourth-order valence-electron chi connectivity index (χ4n) is 1.42. The minimum Gasteiger partial charge on any atom is -0.462 e. The van der Waals surface area contributed by atoms with Crippen LogP contribution >= 0.6 is 0 Å². The normalized spacial score (nSPS) is 10.6. The molecular formula is C15H18O3. The van der Waals surface area contributed by atoms with Gasteiger partial charge in [0.25, 0.3) is 0 Å². The second-order valence-corrected chi connectivity index (χ2v) is 4.02. The molecule has 0 aliphatic carbocycles. The maximum Gasteiger partial charge on any atom is 0.338 e. The van der Waals surface area contributed by atoms with Crippen LogP contribution in [0.5, 0.6) is 0 Å². The maximum absolute atomic E-state index is 11.8. The number of ketones is 1. The van der Waals surface area contributed by atoms with E-state index in [2.05, 4.69) is 0 Å². The van der Waals surface area contributed by atoms with E-state index >= 15 is 0 Å². The maximum atomic E-state index is 11.8. The Morgan fingerprint density at radius 1 is 1.28 bits per heavy atom. The van der Waals surface area contributed by atoms with Crippen LogP contribution in [0.1, 0.15) is 42.6 Å². The zero-order chi connectivity index (χ0) is 13.4. The monoisotopic (exact) mass is 246 g/mol. The number of benzene rings is 1. The molecule has 0 aromatic heterocycles. The summed E-state index contributed by atoms with van der Waals surface area (Å²) in [4.78, 5) is 22.8. The Labute approximate surface area is 107 Å². The number of rotatable bonds is 6. The van der Waals surface area contributed by atoms with E-state index in [-0.39, 0.29) is 11.8 Å². The number of allylic oxidation sites excluding steroid dienone is 1. The highest BCUT2D eigenvalue weighted by Crippen LogP contribution is 2.12. The second kappa shape index (κ2) is 7.43. The smallest absolute Gasteiger partial charge is 0.338 e. The average molecular weight is 246 g/mol. The lowest BCUT2D eigenvalue weighted by atomic mass is 10.1. The lowest BCUT2D eigenvalue weighted by molar-refractivity contribution is -0.112. The average Bonchev–Trinajstić information content (AvgIpc) is 2.37. The van der Waals surface area contributed by atoms with E-state index in [1.165, 1.54) is 13.0 Å². The van der Waals surface area contributed by atoms with Crippen LogP contribution in [-0.4, -0.2) is 18.4 Å². The summed E-state index contributed by atoms with van der Waals surface area (Å²) < 4.78 is 5.16. The van der Waals surface area contributed by atoms with Crippen LogP contribution in [0.15, 0.2) is 30.3 Å². The number of ether oxygens (including phenoxy) is 1. The number of carbonyl (C=O) groups is 2. The molecule has 3 nitrogen and oxygen atoms in total. The highest BCUT2D eigenvalue weighted by atomic mass is 16.5. The zero-order valence-electron chi connectivity index (χ0n) is 10.8. The van der Waals surface area contributed by atoms with Crippen LogP contribution in [0.2, 0.25) is 0 Å². The minimum absolute atomic E-state index is 0.0517. The zero-order valence-corrected chi connectivity index (χ0v) is 10.8. The molecule has 0 heterocycles. The molecule has 0 N–H and O–H groups in total. The van der Waals surface area contributed by atoms with Gasteiger partial charge in [0.15, 0.2) is 5.78 Å². The predicted molar refractivity (Wildman–Crippen MR) is 71.3 cm³/mol. The number of hydrogen-bond donors (Lipinski definition) is 0. The third-order valence-electron chi connectivity index (χ3n) is 2.41. The van der Waals surface area contributed by atoms with Crippen molar-refractivity contribution in [2.24, 2.45) is 0 Å². The van der Waals surface area contributed by atoms with Crippen molar-refractivity contribution in [1.29, 1.82) is 0 Å². The molecular weight excluding hydrogens is 228 g/mol. The number of carbonyl (C=O) groups excluding carboxylic acids is 2. The van der Waals surface area contributed by atoms with Gasteiger partial charge in [-0.3, -0.25) is 4.79 Å². The fourth-order valence-corrected chi connectivity index (χ4v) is 1.42. The van der Waals surface area contributed by atoms with Gasteiger partial charge in [-0.25, -0.2) is 4.79 Å².